The van der Waals surface area contributed by atoms with Crippen LogP contribution in [0.2, 0.25) is 5.02 Å². The van der Waals surface area contributed by atoms with Gasteiger partial charge in [-0.2, -0.15) is 5.26 Å². The fourth-order valence-corrected chi connectivity index (χ4v) is 1.31. The number of anilines is 1. The first-order valence-corrected chi connectivity index (χ1v) is 5.02. The van der Waals surface area contributed by atoms with E-state index in [-0.39, 0.29) is 0 Å². The quantitative estimate of drug-likeness (QED) is 0.843. The normalized spacial score (nSPS) is 10.6. The second kappa shape index (κ2) is 4.42. The molecule has 84 valence electrons. The molecule has 0 aliphatic rings. The molecule has 0 fully saturated rings. The van der Waals surface area contributed by atoms with Gasteiger partial charge in [-0.1, -0.05) is 11.6 Å². The first-order valence-electron chi connectivity index (χ1n) is 4.64. The van der Waals surface area contributed by atoms with Gasteiger partial charge in [-0.05, 0) is 32.0 Å². The molecule has 4 nitrogen and oxygen atoms in total. The number of primary amides is 1. The Bertz CT molecular complexity index is 463. The number of hydrogen-bond acceptors (Lipinski definition) is 3. The molecule has 0 bridgehead atoms. The lowest BCUT2D eigenvalue weighted by atomic mass is 10.0. The lowest BCUT2D eigenvalue weighted by Gasteiger charge is -2.24. The molecule has 1 rings (SSSR count). The van der Waals surface area contributed by atoms with E-state index in [4.69, 9.17) is 22.6 Å². The fraction of sp³-hybridized carbons (Fsp3) is 0.273. The Labute approximate surface area is 99.0 Å². The maximum Gasteiger partial charge on any atom is 0.242 e. The molecule has 0 saturated carbocycles. The van der Waals surface area contributed by atoms with Gasteiger partial charge < -0.3 is 11.1 Å². The standard InChI is InChI=1S/C11H12ClN3O/c1-11(2,10(14)16)15-9-4-3-7(6-13)5-8(9)12/h3-5,15H,1-2H3,(H2,14,16). The topological polar surface area (TPSA) is 78.9 Å². The third-order valence-electron chi connectivity index (χ3n) is 2.16. The van der Waals surface area contributed by atoms with Crippen molar-refractivity contribution in [1.29, 1.82) is 5.26 Å². The second-order valence-electron chi connectivity index (χ2n) is 3.92. The predicted molar refractivity (Wildman–Crippen MR) is 63.1 cm³/mol. The minimum atomic E-state index is -0.891. The van der Waals surface area contributed by atoms with Gasteiger partial charge in [0.2, 0.25) is 5.91 Å². The summed E-state index contributed by atoms with van der Waals surface area (Å²) in [6.45, 7) is 3.31. The van der Waals surface area contributed by atoms with Gasteiger partial charge in [0.15, 0.2) is 0 Å². The Morgan fingerprint density at radius 2 is 2.19 bits per heavy atom. The van der Waals surface area contributed by atoms with Crippen molar-refractivity contribution in [3.8, 4) is 6.07 Å². The van der Waals surface area contributed by atoms with E-state index < -0.39 is 11.4 Å². The first kappa shape index (κ1) is 12.3. The number of nitrogens with zero attached hydrogens (tertiary/aromatic N) is 1. The van der Waals surface area contributed by atoms with Crippen LogP contribution in [0.5, 0.6) is 0 Å². The number of hydrogen-bond donors (Lipinski definition) is 2. The smallest absolute Gasteiger partial charge is 0.242 e. The highest BCUT2D eigenvalue weighted by Crippen LogP contribution is 2.25. The molecule has 16 heavy (non-hydrogen) atoms. The van der Waals surface area contributed by atoms with Crippen LogP contribution in [0.1, 0.15) is 19.4 Å². The highest BCUT2D eigenvalue weighted by Gasteiger charge is 2.25. The van der Waals surface area contributed by atoms with Gasteiger partial charge in [-0.15, -0.1) is 0 Å². The molecular weight excluding hydrogens is 226 g/mol. The Morgan fingerprint density at radius 1 is 1.56 bits per heavy atom. The van der Waals surface area contributed by atoms with E-state index in [1.807, 2.05) is 6.07 Å². The molecule has 0 radical (unpaired) electrons. The van der Waals surface area contributed by atoms with Crippen molar-refractivity contribution in [2.75, 3.05) is 5.32 Å². The summed E-state index contributed by atoms with van der Waals surface area (Å²) >= 11 is 5.95. The van der Waals surface area contributed by atoms with Crippen LogP contribution in [-0.2, 0) is 4.79 Å². The Kier molecular flexibility index (Phi) is 3.41. The predicted octanol–water partition coefficient (Wildman–Crippen LogP) is 1.89. The highest BCUT2D eigenvalue weighted by atomic mass is 35.5. The lowest BCUT2D eigenvalue weighted by molar-refractivity contribution is -0.121. The highest BCUT2D eigenvalue weighted by molar-refractivity contribution is 6.33. The van der Waals surface area contributed by atoms with Gasteiger partial charge in [0.05, 0.1) is 22.3 Å². The maximum absolute atomic E-state index is 11.1. The van der Waals surface area contributed by atoms with Crippen molar-refractivity contribution in [2.24, 2.45) is 5.73 Å². The Balaban J connectivity index is 3.00. The van der Waals surface area contributed by atoms with Crippen LogP contribution in [0.15, 0.2) is 18.2 Å². The van der Waals surface area contributed by atoms with Crippen molar-refractivity contribution in [1.82, 2.24) is 0 Å². The van der Waals surface area contributed by atoms with Crippen LogP contribution in [0.4, 0.5) is 5.69 Å². The van der Waals surface area contributed by atoms with E-state index in [1.54, 1.807) is 26.0 Å². The summed E-state index contributed by atoms with van der Waals surface area (Å²) in [5, 5.41) is 12.0. The molecular formula is C11H12ClN3O. The summed E-state index contributed by atoms with van der Waals surface area (Å²) in [4.78, 5) is 11.1. The summed E-state index contributed by atoms with van der Waals surface area (Å²) in [6, 6.07) is 6.77. The summed E-state index contributed by atoms with van der Waals surface area (Å²) in [5.41, 5.74) is 5.38. The lowest BCUT2D eigenvalue weighted by Crippen LogP contribution is -2.45. The Hall–Kier alpha value is -1.73. The minimum Gasteiger partial charge on any atom is -0.370 e. The first-order chi connectivity index (χ1) is 7.36. The number of benzene rings is 1. The minimum absolute atomic E-state index is 0.383. The Morgan fingerprint density at radius 3 is 2.62 bits per heavy atom. The van der Waals surface area contributed by atoms with Gasteiger partial charge in [-0.3, -0.25) is 4.79 Å². The summed E-state index contributed by atoms with van der Waals surface area (Å²) in [7, 11) is 0. The summed E-state index contributed by atoms with van der Waals surface area (Å²) in [6.07, 6.45) is 0. The summed E-state index contributed by atoms with van der Waals surface area (Å²) < 4.78 is 0. The van der Waals surface area contributed by atoms with Gasteiger partial charge in [0.1, 0.15) is 5.54 Å². The molecule has 0 spiro atoms. The molecule has 0 aromatic heterocycles. The number of nitrogens with one attached hydrogen (secondary N) is 1. The van der Waals surface area contributed by atoms with Crippen molar-refractivity contribution in [3.05, 3.63) is 28.8 Å². The molecule has 0 saturated heterocycles. The molecule has 0 aliphatic carbocycles. The number of nitrogens with two attached hydrogens (primary N) is 1. The van der Waals surface area contributed by atoms with Crippen LogP contribution < -0.4 is 11.1 Å². The van der Waals surface area contributed by atoms with E-state index in [0.29, 0.717) is 16.3 Å². The van der Waals surface area contributed by atoms with Crippen LogP contribution >= 0.6 is 11.6 Å². The SMILES string of the molecule is CC(C)(Nc1ccc(C#N)cc1Cl)C(N)=O. The average Bonchev–Trinajstić information content (AvgIpc) is 2.20. The number of halogens is 1. The van der Waals surface area contributed by atoms with Crippen molar-refractivity contribution in [3.63, 3.8) is 0 Å². The van der Waals surface area contributed by atoms with E-state index in [0.717, 1.165) is 0 Å². The van der Waals surface area contributed by atoms with Gasteiger partial charge in [0, 0.05) is 0 Å². The van der Waals surface area contributed by atoms with Crippen LogP contribution in [0.25, 0.3) is 0 Å². The van der Waals surface area contributed by atoms with Crippen molar-refractivity contribution < 1.29 is 4.79 Å². The van der Waals surface area contributed by atoms with Gasteiger partial charge >= 0.3 is 0 Å². The number of nitriles is 1. The van der Waals surface area contributed by atoms with Crippen LogP contribution in [0.3, 0.4) is 0 Å². The number of carbonyl (C=O) groups is 1. The summed E-state index contributed by atoms with van der Waals surface area (Å²) in [5.74, 6) is -0.479. The monoisotopic (exact) mass is 237 g/mol. The number of rotatable bonds is 3. The third-order valence-corrected chi connectivity index (χ3v) is 2.47. The fourth-order valence-electron chi connectivity index (χ4n) is 1.08. The van der Waals surface area contributed by atoms with E-state index >= 15 is 0 Å². The van der Waals surface area contributed by atoms with Crippen molar-refractivity contribution in [2.45, 2.75) is 19.4 Å². The third kappa shape index (κ3) is 2.65. The molecule has 5 heteroatoms. The van der Waals surface area contributed by atoms with Crippen LogP contribution in [0, 0.1) is 11.3 Å². The maximum atomic E-state index is 11.1. The average molecular weight is 238 g/mol. The zero-order chi connectivity index (χ0) is 12.3. The zero-order valence-electron chi connectivity index (χ0n) is 9.04. The molecule has 3 N–H and O–H groups in total. The van der Waals surface area contributed by atoms with Gasteiger partial charge in [-0.25, -0.2) is 0 Å². The largest absolute Gasteiger partial charge is 0.370 e. The zero-order valence-corrected chi connectivity index (χ0v) is 9.80. The van der Waals surface area contributed by atoms with E-state index in [9.17, 15) is 4.79 Å². The second-order valence-corrected chi connectivity index (χ2v) is 4.33. The molecule has 0 heterocycles. The number of amides is 1. The molecule has 1 aromatic carbocycles. The van der Waals surface area contributed by atoms with Crippen LogP contribution in [-0.4, -0.2) is 11.4 Å². The van der Waals surface area contributed by atoms with Gasteiger partial charge in [0.25, 0.3) is 0 Å². The number of carbonyl (C=O) groups excluding carboxylic acids is 1. The molecule has 0 atom stereocenters. The molecule has 0 aliphatic heterocycles. The van der Waals surface area contributed by atoms with E-state index in [1.165, 1.54) is 6.07 Å². The molecule has 0 unspecified atom stereocenters. The molecule has 1 aromatic rings. The van der Waals surface area contributed by atoms with Crippen molar-refractivity contribution >= 4 is 23.2 Å². The van der Waals surface area contributed by atoms with E-state index in [2.05, 4.69) is 5.32 Å². The molecule has 1 amide bonds.